The van der Waals surface area contributed by atoms with Gasteiger partial charge in [-0.2, -0.15) is 0 Å². The van der Waals surface area contributed by atoms with E-state index in [0.29, 0.717) is 6.42 Å². The van der Waals surface area contributed by atoms with Gasteiger partial charge in [0, 0.05) is 0 Å². The van der Waals surface area contributed by atoms with Crippen LogP contribution in [-0.2, 0) is 21.6 Å². The Balaban J connectivity index is 2.08. The van der Waals surface area contributed by atoms with Crippen molar-refractivity contribution in [3.63, 3.8) is 0 Å². The van der Waals surface area contributed by atoms with Crippen molar-refractivity contribution in [3.8, 4) is 0 Å². The Labute approximate surface area is 105 Å². The highest BCUT2D eigenvalue weighted by Crippen LogP contribution is 2.43. The first-order chi connectivity index (χ1) is 8.66. The Bertz CT molecular complexity index is 668. The van der Waals surface area contributed by atoms with E-state index < -0.39 is 23.3 Å². The average molecular weight is 265 g/mol. The highest BCUT2D eigenvalue weighted by atomic mass is 32.2. The molecule has 3 rings (SSSR count). The first kappa shape index (κ1) is 11.6. The summed E-state index contributed by atoms with van der Waals surface area (Å²) in [6.45, 7) is 0. The lowest BCUT2D eigenvalue weighted by Gasteiger charge is -2.12. The molecule has 2 aromatic carbocycles. The van der Waals surface area contributed by atoms with E-state index in [-0.39, 0.29) is 0 Å². The lowest BCUT2D eigenvalue weighted by molar-refractivity contribution is 0.175. The first-order valence-electron chi connectivity index (χ1n) is 5.52. The number of benzene rings is 2. The molecule has 0 bridgehead atoms. The van der Waals surface area contributed by atoms with Crippen LogP contribution < -0.4 is 0 Å². The van der Waals surface area contributed by atoms with E-state index in [1.165, 1.54) is 0 Å². The summed E-state index contributed by atoms with van der Waals surface area (Å²) in [7, 11) is -3.20. The largest absolute Gasteiger partial charge is 0.292 e. The molecule has 0 aliphatic heterocycles. The molecule has 1 atom stereocenters. The monoisotopic (exact) mass is 265 g/mol. The van der Waals surface area contributed by atoms with Gasteiger partial charge in [-0.25, -0.2) is 17.0 Å². The zero-order valence-electron chi connectivity index (χ0n) is 9.30. The normalized spacial score (nSPS) is 18.1. The van der Waals surface area contributed by atoms with Gasteiger partial charge in [0.1, 0.15) is 0 Å². The molecule has 18 heavy (non-hydrogen) atoms. The maximum absolute atomic E-state index is 13.8. The summed E-state index contributed by atoms with van der Waals surface area (Å²) in [6.07, 6.45) is -0.513. The van der Waals surface area contributed by atoms with Gasteiger partial charge in [0.25, 0.3) is 17.3 Å². The third-order valence-electron chi connectivity index (χ3n) is 3.26. The summed E-state index contributed by atoms with van der Waals surface area (Å²) >= 11 is 0. The molecule has 1 aliphatic carbocycles. The second kappa shape index (κ2) is 4.33. The van der Waals surface area contributed by atoms with Crippen molar-refractivity contribution < 1.29 is 17.0 Å². The minimum atomic E-state index is -3.20. The van der Waals surface area contributed by atoms with Gasteiger partial charge in [-0.05, 0) is 28.3 Å². The van der Waals surface area contributed by atoms with Crippen molar-refractivity contribution in [1.82, 2.24) is 0 Å². The predicted molar refractivity (Wildman–Crippen MR) is 66.1 cm³/mol. The van der Waals surface area contributed by atoms with E-state index in [1.807, 2.05) is 36.4 Å². The second-order valence-corrected chi connectivity index (χ2v) is 4.87. The van der Waals surface area contributed by atoms with E-state index in [0.717, 1.165) is 21.9 Å². The van der Waals surface area contributed by atoms with Crippen LogP contribution in [0.15, 0.2) is 36.4 Å². The van der Waals surface area contributed by atoms with Gasteiger partial charge in [0.2, 0.25) is 0 Å². The molecule has 1 radical (unpaired) electrons. The van der Waals surface area contributed by atoms with Crippen LogP contribution in [0.25, 0.3) is 10.8 Å². The van der Waals surface area contributed by atoms with Gasteiger partial charge in [-0.15, -0.1) is 0 Å². The van der Waals surface area contributed by atoms with Crippen molar-refractivity contribution in [2.45, 2.75) is 12.3 Å². The zero-order chi connectivity index (χ0) is 12.7. The Morgan fingerprint density at radius 1 is 1.22 bits per heavy atom. The van der Waals surface area contributed by atoms with Crippen molar-refractivity contribution >= 4 is 21.8 Å². The molecule has 0 N–H and O–H groups in total. The van der Waals surface area contributed by atoms with Gasteiger partial charge in [0.05, 0.1) is 5.92 Å². The van der Waals surface area contributed by atoms with Crippen LogP contribution in [0.3, 0.4) is 0 Å². The molecule has 1 unspecified atom stereocenters. The molecule has 0 spiro atoms. The lowest BCUT2D eigenvalue weighted by atomic mass is 10.0. The number of halogens is 1. The molecule has 1 aliphatic rings. The van der Waals surface area contributed by atoms with Crippen LogP contribution in [0.2, 0.25) is 0 Å². The van der Waals surface area contributed by atoms with Crippen LogP contribution in [0.1, 0.15) is 17.0 Å². The highest BCUT2D eigenvalue weighted by Gasteiger charge is 2.33. The average Bonchev–Trinajstić information content (AvgIpc) is 2.70. The topological polar surface area (TPSA) is 43.4 Å². The fraction of sp³-hybridized carbons (Fsp3) is 0.154. The van der Waals surface area contributed by atoms with E-state index in [2.05, 4.69) is 4.18 Å². The molecule has 93 valence electrons. The third-order valence-corrected chi connectivity index (χ3v) is 3.58. The van der Waals surface area contributed by atoms with Crippen molar-refractivity contribution in [2.75, 3.05) is 0 Å². The van der Waals surface area contributed by atoms with Gasteiger partial charge in [0.15, 0.2) is 0 Å². The highest BCUT2D eigenvalue weighted by molar-refractivity contribution is 7.67. The summed E-state index contributed by atoms with van der Waals surface area (Å²) in [5, 5.41) is 2.04. The zero-order valence-corrected chi connectivity index (χ0v) is 10.2. The Morgan fingerprint density at radius 2 is 1.94 bits per heavy atom. The number of hydrogen-bond donors (Lipinski definition) is 1. The molecule has 0 saturated carbocycles. The molecule has 0 heterocycles. The van der Waals surface area contributed by atoms with E-state index in [1.54, 1.807) is 0 Å². The molecule has 0 fully saturated rings. The molecule has 2 aromatic rings. The third kappa shape index (κ3) is 1.79. The Hall–Kier alpha value is -1.46. The number of rotatable bonds is 3. The Kier molecular flexibility index (Phi) is 2.80. The minimum Gasteiger partial charge on any atom is -0.225 e. The number of thiol groups is 1. The van der Waals surface area contributed by atoms with Gasteiger partial charge < -0.3 is 0 Å². The van der Waals surface area contributed by atoms with E-state index in [4.69, 9.17) is 0 Å². The van der Waals surface area contributed by atoms with Crippen LogP contribution >= 0.6 is 0 Å². The molecule has 3 nitrogen and oxygen atoms in total. The first-order valence-corrected chi connectivity index (χ1v) is 6.61. The molecule has 0 aromatic heterocycles. The Morgan fingerprint density at radius 3 is 2.67 bits per heavy atom. The van der Waals surface area contributed by atoms with Crippen molar-refractivity contribution in [3.05, 3.63) is 53.9 Å². The summed E-state index contributed by atoms with van der Waals surface area (Å²) in [5.74, 6) is -0.626. The molecule has 5 heteroatoms. The van der Waals surface area contributed by atoms with Crippen molar-refractivity contribution in [1.29, 1.82) is 0 Å². The van der Waals surface area contributed by atoms with Crippen LogP contribution in [0.4, 0.5) is 4.39 Å². The number of hydrogen-bond acceptors (Lipinski definition) is 3. The smallest absolute Gasteiger partial charge is 0.225 e. The molecular weight excluding hydrogens is 255 g/mol. The lowest BCUT2D eigenvalue weighted by Crippen LogP contribution is -2.08. The second-order valence-electron chi connectivity index (χ2n) is 4.24. The summed E-state index contributed by atoms with van der Waals surface area (Å²) in [4.78, 5) is 0. The summed E-state index contributed by atoms with van der Waals surface area (Å²) < 4.78 is 38.8. The summed E-state index contributed by atoms with van der Waals surface area (Å²) in [6, 6.07) is 11.4. The van der Waals surface area contributed by atoms with Crippen LogP contribution in [0.5, 0.6) is 0 Å². The van der Waals surface area contributed by atoms with Gasteiger partial charge in [-0.3, -0.25) is 0 Å². The van der Waals surface area contributed by atoms with Crippen molar-refractivity contribution in [2.24, 2.45) is 0 Å². The van der Waals surface area contributed by atoms with E-state index in [9.17, 15) is 12.8 Å². The minimum absolute atomic E-state index is 0.436. The molecule has 0 saturated heterocycles. The van der Waals surface area contributed by atoms with Crippen LogP contribution in [-0.4, -0.2) is 8.42 Å². The van der Waals surface area contributed by atoms with Gasteiger partial charge >= 0.3 is 0 Å². The van der Waals surface area contributed by atoms with E-state index >= 15 is 0 Å². The van der Waals surface area contributed by atoms with Crippen LogP contribution in [0, 0.1) is 6.36 Å². The summed E-state index contributed by atoms with van der Waals surface area (Å²) in [5.41, 5.74) is 1.81. The maximum Gasteiger partial charge on any atom is 0.292 e. The maximum atomic E-state index is 13.8. The quantitative estimate of drug-likeness (QED) is 0.867. The predicted octanol–water partition coefficient (Wildman–Crippen LogP) is 2.48. The SMILES string of the molecule is O=[SH](=O)O[C](F)C1Cc2cccc3cccc1c23. The van der Waals surface area contributed by atoms with Gasteiger partial charge in [-0.1, -0.05) is 36.4 Å². The standard InChI is InChI=1S/C13H10FO3S/c14-13(17-18(15)16)11-7-9-5-1-3-8-4-2-6-10(11)12(8)9/h1-6,11,18H,7H2. The molecular formula is C13H10FO3S. The fourth-order valence-electron chi connectivity index (χ4n) is 2.58. The molecule has 0 amide bonds. The fourth-order valence-corrected chi connectivity index (χ4v) is 2.85.